The van der Waals surface area contributed by atoms with Crippen LogP contribution in [-0.4, -0.2) is 23.0 Å². The number of anilines is 3. The zero-order valence-corrected chi connectivity index (χ0v) is 26.8. The van der Waals surface area contributed by atoms with Crippen molar-refractivity contribution >= 4 is 35.5 Å². The number of aromatic nitrogens is 3. The smallest absolute Gasteiger partial charge is 0.166 e. The predicted molar refractivity (Wildman–Crippen MR) is 193 cm³/mol. The Balaban J connectivity index is 1.33. The molecule has 0 saturated carbocycles. The standard InChI is InChI=1S/C41H32N4Si/c1-46(2)37-25-15-13-22-33(37)34-27-26-30(28-38(34)46)40-42-39(29-16-6-3-7-17-29)43-41(44-40)35-23-12-14-24-36(35)45(31-18-8-4-9-19-31)32-20-10-5-11-21-32/h3-28H,1-2H3. The van der Waals surface area contributed by atoms with E-state index in [2.05, 4.69) is 145 Å². The van der Waals surface area contributed by atoms with E-state index in [9.17, 15) is 0 Å². The Kier molecular flexibility index (Phi) is 6.89. The number of rotatable bonds is 6. The van der Waals surface area contributed by atoms with Crippen LogP contribution in [-0.2, 0) is 0 Å². The fraction of sp³-hybridized carbons (Fsp3) is 0.0488. The summed E-state index contributed by atoms with van der Waals surface area (Å²) in [5.41, 5.74) is 8.70. The molecule has 0 bridgehead atoms. The summed E-state index contributed by atoms with van der Waals surface area (Å²) >= 11 is 0. The molecule has 5 heteroatoms. The van der Waals surface area contributed by atoms with Crippen LogP contribution in [0.25, 0.3) is 45.3 Å². The van der Waals surface area contributed by atoms with Crippen molar-refractivity contribution in [3.05, 3.63) is 158 Å². The van der Waals surface area contributed by atoms with Crippen molar-refractivity contribution in [1.29, 1.82) is 0 Å². The predicted octanol–water partition coefficient (Wildman–Crippen LogP) is 9.15. The molecule has 8 rings (SSSR count). The van der Waals surface area contributed by atoms with Crippen LogP contribution >= 0.6 is 0 Å². The molecule has 7 aromatic rings. The average Bonchev–Trinajstić information content (AvgIpc) is 3.35. The zero-order chi connectivity index (χ0) is 31.1. The summed E-state index contributed by atoms with van der Waals surface area (Å²) in [5.74, 6) is 1.96. The maximum absolute atomic E-state index is 5.22. The van der Waals surface area contributed by atoms with E-state index in [0.717, 1.165) is 33.8 Å². The Labute approximate surface area is 270 Å². The van der Waals surface area contributed by atoms with Gasteiger partial charge in [-0.25, -0.2) is 15.0 Å². The van der Waals surface area contributed by atoms with Gasteiger partial charge < -0.3 is 4.90 Å². The van der Waals surface area contributed by atoms with Gasteiger partial charge in [0.2, 0.25) is 0 Å². The van der Waals surface area contributed by atoms with E-state index >= 15 is 0 Å². The first-order chi connectivity index (χ1) is 22.6. The van der Waals surface area contributed by atoms with Gasteiger partial charge in [0.15, 0.2) is 17.5 Å². The lowest BCUT2D eigenvalue weighted by molar-refractivity contribution is 1.07. The van der Waals surface area contributed by atoms with Gasteiger partial charge in [-0.1, -0.05) is 134 Å². The van der Waals surface area contributed by atoms with Gasteiger partial charge in [0.25, 0.3) is 0 Å². The van der Waals surface area contributed by atoms with Crippen LogP contribution < -0.4 is 15.3 Å². The summed E-state index contributed by atoms with van der Waals surface area (Å²) in [5, 5.41) is 2.91. The number of hydrogen-bond acceptors (Lipinski definition) is 4. The molecule has 0 N–H and O–H groups in total. The summed E-state index contributed by atoms with van der Waals surface area (Å²) in [6, 6.07) is 55.1. The van der Waals surface area contributed by atoms with Crippen molar-refractivity contribution in [3.63, 3.8) is 0 Å². The summed E-state index contributed by atoms with van der Waals surface area (Å²) in [7, 11) is -1.88. The van der Waals surface area contributed by atoms with E-state index in [4.69, 9.17) is 15.0 Å². The van der Waals surface area contributed by atoms with Crippen LogP contribution in [0, 0.1) is 0 Å². The second kappa shape index (κ2) is 11.4. The molecule has 0 aliphatic carbocycles. The van der Waals surface area contributed by atoms with Crippen LogP contribution in [0.5, 0.6) is 0 Å². The third-order valence-electron chi connectivity index (χ3n) is 8.92. The number of hydrogen-bond donors (Lipinski definition) is 0. The summed E-state index contributed by atoms with van der Waals surface area (Å²) in [6.07, 6.45) is 0. The minimum absolute atomic E-state index is 0.636. The maximum Gasteiger partial charge on any atom is 0.166 e. The van der Waals surface area contributed by atoms with Crippen molar-refractivity contribution in [2.24, 2.45) is 0 Å². The second-order valence-electron chi connectivity index (χ2n) is 12.1. The summed E-state index contributed by atoms with van der Waals surface area (Å²) < 4.78 is 0. The lowest BCUT2D eigenvalue weighted by Gasteiger charge is -2.27. The molecule has 0 fully saturated rings. The third kappa shape index (κ3) is 4.82. The van der Waals surface area contributed by atoms with E-state index < -0.39 is 8.07 Å². The first-order valence-corrected chi connectivity index (χ1v) is 18.6. The molecule has 1 aromatic heterocycles. The van der Waals surface area contributed by atoms with Crippen LogP contribution in [0.2, 0.25) is 13.1 Å². The highest BCUT2D eigenvalue weighted by Gasteiger charge is 2.37. The van der Waals surface area contributed by atoms with Gasteiger partial charge >= 0.3 is 0 Å². The molecule has 1 aliphatic heterocycles. The molecule has 2 heterocycles. The zero-order valence-electron chi connectivity index (χ0n) is 25.8. The van der Waals surface area contributed by atoms with Crippen molar-refractivity contribution in [3.8, 4) is 45.3 Å². The van der Waals surface area contributed by atoms with E-state index in [1.807, 2.05) is 30.3 Å². The van der Waals surface area contributed by atoms with E-state index in [1.165, 1.54) is 21.5 Å². The van der Waals surface area contributed by atoms with Crippen molar-refractivity contribution in [1.82, 2.24) is 15.0 Å². The van der Waals surface area contributed by atoms with Crippen LogP contribution in [0.1, 0.15) is 0 Å². The molecule has 1 aliphatic rings. The molecule has 220 valence electrons. The summed E-state index contributed by atoms with van der Waals surface area (Å²) in [6.45, 7) is 4.88. The molecule has 46 heavy (non-hydrogen) atoms. The van der Waals surface area contributed by atoms with Gasteiger partial charge in [-0.3, -0.25) is 0 Å². The molecule has 0 atom stereocenters. The van der Waals surface area contributed by atoms with Gasteiger partial charge in [0.05, 0.1) is 5.69 Å². The van der Waals surface area contributed by atoms with Crippen molar-refractivity contribution in [2.45, 2.75) is 13.1 Å². The van der Waals surface area contributed by atoms with Crippen LogP contribution in [0.3, 0.4) is 0 Å². The largest absolute Gasteiger partial charge is 0.310 e. The van der Waals surface area contributed by atoms with Crippen molar-refractivity contribution < 1.29 is 0 Å². The van der Waals surface area contributed by atoms with E-state index in [0.29, 0.717) is 17.5 Å². The van der Waals surface area contributed by atoms with Gasteiger partial charge in [0, 0.05) is 28.1 Å². The molecule has 6 aromatic carbocycles. The highest BCUT2D eigenvalue weighted by Crippen LogP contribution is 2.40. The topological polar surface area (TPSA) is 41.9 Å². The Morgan fingerprint density at radius 2 is 0.913 bits per heavy atom. The highest BCUT2D eigenvalue weighted by molar-refractivity contribution is 7.03. The molecular weight excluding hydrogens is 577 g/mol. The van der Waals surface area contributed by atoms with E-state index in [-0.39, 0.29) is 0 Å². The Morgan fingerprint density at radius 3 is 1.59 bits per heavy atom. The van der Waals surface area contributed by atoms with Crippen LogP contribution in [0.15, 0.2) is 158 Å². The number of nitrogens with zero attached hydrogens (tertiary/aromatic N) is 4. The molecule has 0 saturated heterocycles. The Hall–Kier alpha value is -5.65. The normalized spacial score (nSPS) is 12.7. The number of para-hydroxylation sites is 3. The molecule has 0 unspecified atom stereocenters. The molecule has 4 nitrogen and oxygen atoms in total. The number of benzene rings is 6. The van der Waals surface area contributed by atoms with Gasteiger partial charge in [-0.05, 0) is 57.9 Å². The fourth-order valence-electron chi connectivity index (χ4n) is 6.62. The SMILES string of the molecule is C[Si]1(C)c2ccccc2-c2ccc(-c3nc(-c4ccccc4)nc(-c4ccccc4N(c4ccccc4)c4ccccc4)n3)cc21. The first kappa shape index (κ1) is 27.9. The van der Waals surface area contributed by atoms with Gasteiger partial charge in [0.1, 0.15) is 8.07 Å². The summed E-state index contributed by atoms with van der Waals surface area (Å²) in [4.78, 5) is 17.7. The first-order valence-electron chi connectivity index (χ1n) is 15.6. The Morgan fingerprint density at radius 1 is 0.413 bits per heavy atom. The molecule has 0 radical (unpaired) electrons. The molecule has 0 amide bonds. The Bertz CT molecular complexity index is 2140. The lowest BCUT2D eigenvalue weighted by atomic mass is 10.0. The lowest BCUT2D eigenvalue weighted by Crippen LogP contribution is -2.49. The quantitative estimate of drug-likeness (QED) is 0.177. The minimum atomic E-state index is -1.88. The van der Waals surface area contributed by atoms with E-state index in [1.54, 1.807) is 0 Å². The third-order valence-corrected chi connectivity index (χ3v) is 12.5. The average molecular weight is 609 g/mol. The second-order valence-corrected chi connectivity index (χ2v) is 16.5. The van der Waals surface area contributed by atoms with Gasteiger partial charge in [-0.15, -0.1) is 0 Å². The number of fused-ring (bicyclic) bond motifs is 3. The highest BCUT2D eigenvalue weighted by atomic mass is 28.3. The van der Waals surface area contributed by atoms with Gasteiger partial charge in [-0.2, -0.15) is 0 Å². The fourth-order valence-corrected chi connectivity index (χ4v) is 9.73. The maximum atomic E-state index is 5.22. The van der Waals surface area contributed by atoms with Crippen molar-refractivity contribution in [2.75, 3.05) is 4.90 Å². The minimum Gasteiger partial charge on any atom is -0.310 e. The molecular formula is C41H32N4Si. The monoisotopic (exact) mass is 608 g/mol. The van der Waals surface area contributed by atoms with Crippen LogP contribution in [0.4, 0.5) is 17.1 Å². The molecule has 0 spiro atoms.